The van der Waals surface area contributed by atoms with E-state index in [2.05, 4.69) is 156 Å². The van der Waals surface area contributed by atoms with Crippen molar-refractivity contribution in [3.05, 3.63) is 215 Å². The lowest BCUT2D eigenvalue weighted by Crippen LogP contribution is -2.46. The first-order valence-corrected chi connectivity index (χ1v) is 15.3. The van der Waals surface area contributed by atoms with E-state index in [1.54, 1.807) is 0 Å². The average Bonchev–Trinajstić information content (AvgIpc) is 3.13. The SMILES string of the molecule is c1ccc(C(NCOCOCNC(c2ccccc2)(c2ccccc2)c2ccccc2)(c2ccccc2)c2ccccc2)cc1. The van der Waals surface area contributed by atoms with E-state index in [0.29, 0.717) is 0 Å². The number of nitrogens with one attached hydrogen (secondary N) is 2. The van der Waals surface area contributed by atoms with Crippen LogP contribution in [-0.4, -0.2) is 20.3 Å². The normalized spacial score (nSPS) is 11.7. The lowest BCUT2D eigenvalue weighted by Gasteiger charge is -2.37. The maximum atomic E-state index is 6.11. The van der Waals surface area contributed by atoms with Crippen LogP contribution in [0, 0.1) is 0 Å². The first-order valence-electron chi connectivity index (χ1n) is 15.3. The second-order valence-corrected chi connectivity index (χ2v) is 10.9. The Morgan fingerprint density at radius 1 is 0.311 bits per heavy atom. The van der Waals surface area contributed by atoms with Crippen LogP contribution in [0.1, 0.15) is 33.4 Å². The van der Waals surface area contributed by atoms with Gasteiger partial charge in [0.1, 0.15) is 20.3 Å². The van der Waals surface area contributed by atoms with Crippen molar-refractivity contribution in [1.82, 2.24) is 10.6 Å². The molecule has 0 amide bonds. The minimum Gasteiger partial charge on any atom is -0.340 e. The number of rotatable bonds is 14. The fourth-order valence-electron chi connectivity index (χ4n) is 6.20. The van der Waals surface area contributed by atoms with Gasteiger partial charge in [-0.05, 0) is 33.4 Å². The van der Waals surface area contributed by atoms with Gasteiger partial charge < -0.3 is 9.47 Å². The Balaban J connectivity index is 1.19. The van der Waals surface area contributed by atoms with Crippen LogP contribution in [0.5, 0.6) is 0 Å². The molecule has 6 aromatic rings. The van der Waals surface area contributed by atoms with Gasteiger partial charge in [-0.15, -0.1) is 0 Å². The van der Waals surface area contributed by atoms with Crippen LogP contribution in [0.15, 0.2) is 182 Å². The Labute approximate surface area is 266 Å². The number of hydrogen-bond acceptors (Lipinski definition) is 4. The van der Waals surface area contributed by atoms with Crippen LogP contribution >= 0.6 is 0 Å². The van der Waals surface area contributed by atoms with Crippen molar-refractivity contribution in [2.75, 3.05) is 20.3 Å². The summed E-state index contributed by atoms with van der Waals surface area (Å²) in [5.74, 6) is 0. The van der Waals surface area contributed by atoms with Gasteiger partial charge in [0.2, 0.25) is 0 Å². The van der Waals surface area contributed by atoms with Gasteiger partial charge in [-0.1, -0.05) is 182 Å². The van der Waals surface area contributed by atoms with E-state index >= 15 is 0 Å². The van der Waals surface area contributed by atoms with Gasteiger partial charge in [0.05, 0.1) is 11.1 Å². The highest BCUT2D eigenvalue weighted by atomic mass is 16.7. The number of ether oxygens (including phenoxy) is 2. The first kappa shape index (κ1) is 30.2. The van der Waals surface area contributed by atoms with E-state index in [1.165, 1.54) is 0 Å². The molecule has 224 valence electrons. The highest BCUT2D eigenvalue weighted by Crippen LogP contribution is 2.38. The molecule has 0 unspecified atom stereocenters. The zero-order chi connectivity index (χ0) is 30.6. The van der Waals surface area contributed by atoms with Gasteiger partial charge in [0, 0.05) is 0 Å². The summed E-state index contributed by atoms with van der Waals surface area (Å²) in [6, 6.07) is 63.0. The fraction of sp³-hybridized carbons (Fsp3) is 0.122. The minimum atomic E-state index is -0.606. The molecule has 0 aliphatic carbocycles. The van der Waals surface area contributed by atoms with Gasteiger partial charge in [-0.25, -0.2) is 0 Å². The third kappa shape index (κ3) is 6.51. The van der Waals surface area contributed by atoms with Crippen molar-refractivity contribution in [3.8, 4) is 0 Å². The van der Waals surface area contributed by atoms with Crippen LogP contribution in [-0.2, 0) is 20.6 Å². The van der Waals surface area contributed by atoms with Crippen molar-refractivity contribution in [1.29, 1.82) is 0 Å². The maximum absolute atomic E-state index is 6.11. The predicted octanol–water partition coefficient (Wildman–Crippen LogP) is 8.06. The summed E-state index contributed by atoms with van der Waals surface area (Å²) in [6.45, 7) is 0.669. The Morgan fingerprint density at radius 3 is 0.711 bits per heavy atom. The monoisotopic (exact) mass is 590 g/mol. The third-order valence-electron chi connectivity index (χ3n) is 8.29. The molecule has 0 atom stereocenters. The van der Waals surface area contributed by atoms with E-state index in [4.69, 9.17) is 9.47 Å². The summed E-state index contributed by atoms with van der Waals surface area (Å²) in [5.41, 5.74) is 5.58. The Bertz CT molecular complexity index is 1380. The zero-order valence-electron chi connectivity index (χ0n) is 25.3. The highest BCUT2D eigenvalue weighted by Gasteiger charge is 2.37. The van der Waals surface area contributed by atoms with E-state index in [0.717, 1.165) is 33.4 Å². The molecule has 0 saturated carbocycles. The summed E-state index contributed by atoms with van der Waals surface area (Å²) in [5, 5.41) is 7.49. The molecule has 0 heterocycles. The van der Waals surface area contributed by atoms with Gasteiger partial charge in [0.25, 0.3) is 0 Å². The molecule has 4 nitrogen and oxygen atoms in total. The number of benzene rings is 6. The standard InChI is InChI=1S/C41H38N2O2/c1-7-19-34(20-8-1)40(35-21-9-2-10-22-35,36-23-11-3-12-24-36)42-31-44-33-45-32-43-41(37-25-13-4-14-26-37,38-27-15-5-16-28-38)39-29-17-6-18-30-39/h1-30,42-43H,31-33H2. The van der Waals surface area contributed by atoms with Crippen LogP contribution in [0.25, 0.3) is 0 Å². The summed E-state index contributed by atoms with van der Waals surface area (Å²) >= 11 is 0. The molecule has 0 aromatic heterocycles. The van der Waals surface area contributed by atoms with Crippen LogP contribution < -0.4 is 10.6 Å². The van der Waals surface area contributed by atoms with Gasteiger partial charge in [-0.3, -0.25) is 10.6 Å². The second kappa shape index (κ2) is 14.8. The summed E-state index contributed by atoms with van der Waals surface area (Å²) in [7, 11) is 0. The summed E-state index contributed by atoms with van der Waals surface area (Å²) in [6.07, 6.45) is 0. The van der Waals surface area contributed by atoms with E-state index < -0.39 is 11.1 Å². The van der Waals surface area contributed by atoms with Crippen molar-refractivity contribution in [2.24, 2.45) is 0 Å². The molecule has 0 aliphatic rings. The molecule has 0 fully saturated rings. The minimum absolute atomic E-state index is 0.114. The summed E-state index contributed by atoms with van der Waals surface area (Å²) < 4.78 is 12.2. The average molecular weight is 591 g/mol. The zero-order valence-corrected chi connectivity index (χ0v) is 25.3. The smallest absolute Gasteiger partial charge is 0.150 e. The van der Waals surface area contributed by atoms with Crippen LogP contribution in [0.4, 0.5) is 0 Å². The fourth-order valence-corrected chi connectivity index (χ4v) is 6.20. The molecule has 0 bridgehead atoms. The van der Waals surface area contributed by atoms with E-state index in [-0.39, 0.29) is 20.3 Å². The lowest BCUT2D eigenvalue weighted by atomic mass is 9.77. The molecule has 2 N–H and O–H groups in total. The Kier molecular flexibility index (Phi) is 9.90. The van der Waals surface area contributed by atoms with Crippen molar-refractivity contribution in [3.63, 3.8) is 0 Å². The van der Waals surface area contributed by atoms with Crippen molar-refractivity contribution in [2.45, 2.75) is 11.1 Å². The maximum Gasteiger partial charge on any atom is 0.150 e. The van der Waals surface area contributed by atoms with Gasteiger partial charge >= 0.3 is 0 Å². The lowest BCUT2D eigenvalue weighted by molar-refractivity contribution is -0.0718. The number of hydrogen-bond donors (Lipinski definition) is 2. The van der Waals surface area contributed by atoms with Crippen LogP contribution in [0.2, 0.25) is 0 Å². The highest BCUT2D eigenvalue weighted by molar-refractivity contribution is 5.50. The molecule has 4 heteroatoms. The van der Waals surface area contributed by atoms with E-state index in [1.807, 2.05) is 36.4 Å². The molecule has 6 rings (SSSR count). The summed E-state index contributed by atoms with van der Waals surface area (Å²) in [4.78, 5) is 0. The van der Waals surface area contributed by atoms with Crippen molar-refractivity contribution >= 4 is 0 Å². The molecular formula is C41H38N2O2. The quantitative estimate of drug-likeness (QED) is 0.0765. The Hall–Kier alpha value is -4.84. The molecule has 0 spiro atoms. The first-order chi connectivity index (χ1) is 22.3. The molecule has 6 aromatic carbocycles. The third-order valence-corrected chi connectivity index (χ3v) is 8.29. The Morgan fingerprint density at radius 2 is 0.511 bits per heavy atom. The molecule has 0 saturated heterocycles. The topological polar surface area (TPSA) is 42.5 Å². The van der Waals surface area contributed by atoms with Crippen LogP contribution in [0.3, 0.4) is 0 Å². The van der Waals surface area contributed by atoms with Crippen molar-refractivity contribution < 1.29 is 9.47 Å². The molecule has 45 heavy (non-hydrogen) atoms. The van der Waals surface area contributed by atoms with Gasteiger partial charge in [0.15, 0.2) is 0 Å². The molecular weight excluding hydrogens is 552 g/mol. The van der Waals surface area contributed by atoms with Gasteiger partial charge in [-0.2, -0.15) is 0 Å². The predicted molar refractivity (Wildman–Crippen MR) is 181 cm³/mol. The van der Waals surface area contributed by atoms with E-state index in [9.17, 15) is 0 Å². The largest absolute Gasteiger partial charge is 0.340 e. The second-order valence-electron chi connectivity index (χ2n) is 10.9. The molecule has 0 aliphatic heterocycles. The molecule has 0 radical (unpaired) electrons.